The van der Waals surface area contributed by atoms with Crippen molar-refractivity contribution in [3.05, 3.63) is 59.2 Å². The molecule has 2 atom stereocenters. The van der Waals surface area contributed by atoms with E-state index in [4.69, 9.17) is 9.47 Å². The van der Waals surface area contributed by atoms with Crippen LogP contribution >= 0.6 is 0 Å². The van der Waals surface area contributed by atoms with Crippen LogP contribution in [0, 0.1) is 5.41 Å². The Morgan fingerprint density at radius 1 is 1.07 bits per heavy atom. The zero-order valence-electron chi connectivity index (χ0n) is 16.5. The lowest BCUT2D eigenvalue weighted by atomic mass is 9.78. The minimum atomic E-state index is -0.894. The molecule has 0 aromatic heterocycles. The molecule has 2 aliphatic rings. The average Bonchev–Trinajstić information content (AvgIpc) is 3.05. The number of nitrogens with one attached hydrogen (secondary N) is 1. The summed E-state index contributed by atoms with van der Waals surface area (Å²) in [5.41, 5.74) is 0.317. The van der Waals surface area contributed by atoms with Crippen LogP contribution < -0.4 is 14.8 Å². The third kappa shape index (κ3) is 2.93. The molecule has 2 aliphatic heterocycles. The first-order valence-corrected chi connectivity index (χ1v) is 9.35. The number of fused-ring (bicyclic) bond motifs is 2. The van der Waals surface area contributed by atoms with Gasteiger partial charge in [0.1, 0.15) is 0 Å². The number of methoxy groups -OCH3 is 2. The summed E-state index contributed by atoms with van der Waals surface area (Å²) in [5, 5.41) is 2.95. The lowest BCUT2D eigenvalue weighted by molar-refractivity contribution is 0.0739. The summed E-state index contributed by atoms with van der Waals surface area (Å²) in [7, 11) is 3.03. The molecule has 0 aliphatic carbocycles. The van der Waals surface area contributed by atoms with E-state index in [9.17, 15) is 14.4 Å². The molecule has 0 unspecified atom stereocenters. The molecule has 2 amide bonds. The van der Waals surface area contributed by atoms with Crippen LogP contribution in [-0.2, 0) is 0 Å². The molecule has 7 nitrogen and oxygen atoms in total. The molecule has 1 saturated heterocycles. The summed E-state index contributed by atoms with van der Waals surface area (Å²) in [5.74, 6) is 0.343. The molecule has 0 bridgehead atoms. The Kier molecular flexibility index (Phi) is 4.53. The number of rotatable bonds is 3. The van der Waals surface area contributed by atoms with E-state index in [0.717, 1.165) is 0 Å². The molecular weight excluding hydrogens is 372 g/mol. The van der Waals surface area contributed by atoms with Gasteiger partial charge in [0.05, 0.1) is 31.2 Å². The number of Topliss-reactive ketones (excluding diaryl/α,β-unsaturated/α-hetero) is 1. The first kappa shape index (κ1) is 19.0. The molecule has 2 heterocycles. The summed E-state index contributed by atoms with van der Waals surface area (Å²) >= 11 is 0. The third-order valence-electron chi connectivity index (χ3n) is 5.85. The Morgan fingerprint density at radius 2 is 1.76 bits per heavy atom. The predicted octanol–water partition coefficient (Wildman–Crippen LogP) is 2.16. The fourth-order valence-electron chi connectivity index (χ4n) is 4.16. The Hall–Kier alpha value is -3.35. The van der Waals surface area contributed by atoms with Gasteiger partial charge in [-0.25, -0.2) is 0 Å². The van der Waals surface area contributed by atoms with Crippen molar-refractivity contribution in [3.63, 3.8) is 0 Å². The van der Waals surface area contributed by atoms with E-state index in [0.29, 0.717) is 28.2 Å². The standard InChI is InChI=1S/C22H22N2O5/c1-22-12-24(21(27)13-8-9-16(28-2)17(10-13)29-3)11-18(22)23-20(26)15-7-5-4-6-14(15)19(22)25/h4-10,18H,11-12H2,1-3H3,(H,23,26)/t18-,22+/m1/s1. The molecule has 7 heteroatoms. The maximum absolute atomic E-state index is 13.3. The second kappa shape index (κ2) is 6.92. The molecule has 1 N–H and O–H groups in total. The Labute approximate surface area is 168 Å². The molecular formula is C22H22N2O5. The number of nitrogens with zero attached hydrogens (tertiary/aromatic N) is 1. The summed E-state index contributed by atoms with van der Waals surface area (Å²) in [6, 6.07) is 11.3. The normalized spacial score (nSPS) is 23.0. The topological polar surface area (TPSA) is 84.9 Å². The summed E-state index contributed by atoms with van der Waals surface area (Å²) < 4.78 is 10.5. The van der Waals surface area contributed by atoms with Gasteiger partial charge in [-0.2, -0.15) is 0 Å². The second-order valence-electron chi connectivity index (χ2n) is 7.57. The fourth-order valence-corrected chi connectivity index (χ4v) is 4.16. The minimum absolute atomic E-state index is 0.126. The van der Waals surface area contributed by atoms with E-state index in [1.54, 1.807) is 47.4 Å². The monoisotopic (exact) mass is 394 g/mol. The number of carbonyl (C=O) groups is 3. The molecule has 0 saturated carbocycles. The highest BCUT2D eigenvalue weighted by Gasteiger charge is 2.52. The highest BCUT2D eigenvalue weighted by atomic mass is 16.5. The van der Waals surface area contributed by atoms with Crippen molar-refractivity contribution in [1.29, 1.82) is 0 Å². The molecule has 4 rings (SSSR count). The lowest BCUT2D eigenvalue weighted by Gasteiger charge is -2.26. The Bertz CT molecular complexity index is 1020. The van der Waals surface area contributed by atoms with Crippen molar-refractivity contribution in [2.45, 2.75) is 13.0 Å². The number of amides is 2. The van der Waals surface area contributed by atoms with E-state index in [2.05, 4.69) is 5.32 Å². The van der Waals surface area contributed by atoms with Crippen molar-refractivity contribution >= 4 is 17.6 Å². The SMILES string of the molecule is COc1ccc(C(=O)N2C[C@H]3NC(=O)c4ccccc4C(=O)[C@@]3(C)C2)cc1OC. The molecule has 29 heavy (non-hydrogen) atoms. The zero-order chi connectivity index (χ0) is 20.8. The molecule has 0 radical (unpaired) electrons. The number of benzene rings is 2. The van der Waals surface area contributed by atoms with Crippen LogP contribution in [-0.4, -0.2) is 55.8 Å². The first-order valence-electron chi connectivity index (χ1n) is 9.35. The molecule has 150 valence electrons. The maximum Gasteiger partial charge on any atom is 0.254 e. The van der Waals surface area contributed by atoms with Gasteiger partial charge < -0.3 is 19.7 Å². The first-order chi connectivity index (χ1) is 13.9. The summed E-state index contributed by atoms with van der Waals surface area (Å²) in [6.07, 6.45) is 0. The number of ether oxygens (including phenoxy) is 2. The van der Waals surface area contributed by atoms with Gasteiger partial charge in [-0.1, -0.05) is 18.2 Å². The molecule has 0 spiro atoms. The third-order valence-corrected chi connectivity index (χ3v) is 5.85. The van der Waals surface area contributed by atoms with Crippen molar-refractivity contribution in [2.75, 3.05) is 27.3 Å². The largest absolute Gasteiger partial charge is 0.493 e. The van der Waals surface area contributed by atoms with Crippen LogP contribution in [0.3, 0.4) is 0 Å². The van der Waals surface area contributed by atoms with Crippen LogP contribution in [0.15, 0.2) is 42.5 Å². The van der Waals surface area contributed by atoms with E-state index in [1.165, 1.54) is 14.2 Å². The quantitative estimate of drug-likeness (QED) is 0.862. The van der Waals surface area contributed by atoms with Gasteiger partial charge in [-0.05, 0) is 31.2 Å². The van der Waals surface area contributed by atoms with Gasteiger partial charge >= 0.3 is 0 Å². The van der Waals surface area contributed by atoms with E-state index >= 15 is 0 Å². The zero-order valence-corrected chi connectivity index (χ0v) is 16.5. The van der Waals surface area contributed by atoms with E-state index < -0.39 is 11.5 Å². The highest BCUT2D eigenvalue weighted by molar-refractivity contribution is 6.13. The van der Waals surface area contributed by atoms with Gasteiger partial charge in [0.15, 0.2) is 17.3 Å². The van der Waals surface area contributed by atoms with Crippen molar-refractivity contribution in [2.24, 2.45) is 5.41 Å². The van der Waals surface area contributed by atoms with Gasteiger partial charge in [-0.3, -0.25) is 14.4 Å². The van der Waals surface area contributed by atoms with Gasteiger partial charge in [0, 0.05) is 24.2 Å². The van der Waals surface area contributed by atoms with Crippen molar-refractivity contribution in [3.8, 4) is 11.5 Å². The van der Waals surface area contributed by atoms with Crippen LogP contribution in [0.5, 0.6) is 11.5 Å². The number of carbonyl (C=O) groups excluding carboxylic acids is 3. The van der Waals surface area contributed by atoms with Crippen molar-refractivity contribution in [1.82, 2.24) is 10.2 Å². The van der Waals surface area contributed by atoms with Crippen LogP contribution in [0.1, 0.15) is 38.0 Å². The highest BCUT2D eigenvalue weighted by Crippen LogP contribution is 2.38. The van der Waals surface area contributed by atoms with Gasteiger partial charge in [0.2, 0.25) is 0 Å². The summed E-state index contributed by atoms with van der Waals surface area (Å²) in [4.78, 5) is 40.7. The number of hydrogen-bond donors (Lipinski definition) is 1. The average molecular weight is 394 g/mol. The predicted molar refractivity (Wildman–Crippen MR) is 106 cm³/mol. The second-order valence-corrected chi connectivity index (χ2v) is 7.57. The Balaban J connectivity index is 1.65. The van der Waals surface area contributed by atoms with Crippen molar-refractivity contribution < 1.29 is 23.9 Å². The molecule has 2 aromatic rings. The fraction of sp³-hybridized carbons (Fsp3) is 0.318. The van der Waals surface area contributed by atoms with Gasteiger partial charge in [0.25, 0.3) is 11.8 Å². The summed E-state index contributed by atoms with van der Waals surface area (Å²) in [6.45, 7) is 2.29. The maximum atomic E-state index is 13.3. The smallest absolute Gasteiger partial charge is 0.254 e. The number of ketones is 1. The Morgan fingerprint density at radius 3 is 2.45 bits per heavy atom. The van der Waals surface area contributed by atoms with Gasteiger partial charge in [-0.15, -0.1) is 0 Å². The van der Waals surface area contributed by atoms with Crippen LogP contribution in [0.2, 0.25) is 0 Å². The number of hydrogen-bond acceptors (Lipinski definition) is 5. The minimum Gasteiger partial charge on any atom is -0.493 e. The van der Waals surface area contributed by atoms with Crippen LogP contribution in [0.25, 0.3) is 0 Å². The van der Waals surface area contributed by atoms with E-state index in [-0.39, 0.29) is 30.7 Å². The lowest BCUT2D eigenvalue weighted by Crippen LogP contribution is -2.47. The number of likely N-dealkylation sites (tertiary alicyclic amines) is 1. The molecule has 1 fully saturated rings. The molecule has 2 aromatic carbocycles. The van der Waals surface area contributed by atoms with E-state index in [1.807, 2.05) is 6.92 Å². The van der Waals surface area contributed by atoms with Crippen LogP contribution in [0.4, 0.5) is 0 Å².